The Labute approximate surface area is 221 Å². The highest BCUT2D eigenvalue weighted by Gasteiger charge is 2.26. The van der Waals surface area contributed by atoms with Gasteiger partial charge in [0.2, 0.25) is 0 Å². The average molecular weight is 520 g/mol. The summed E-state index contributed by atoms with van der Waals surface area (Å²) in [7, 11) is 0. The number of rotatable bonds is 10. The summed E-state index contributed by atoms with van der Waals surface area (Å²) in [5, 5.41) is 17.8. The van der Waals surface area contributed by atoms with Crippen LogP contribution < -0.4 is 10.6 Å². The van der Waals surface area contributed by atoms with Crippen LogP contribution in [0.1, 0.15) is 47.3 Å². The number of aromatic nitrogens is 2. The first-order valence-corrected chi connectivity index (χ1v) is 14.0. The first-order valence-electron chi connectivity index (χ1n) is 13.0. The van der Waals surface area contributed by atoms with Gasteiger partial charge in [0, 0.05) is 41.8 Å². The van der Waals surface area contributed by atoms with Crippen LogP contribution in [0.15, 0.2) is 47.3 Å². The van der Waals surface area contributed by atoms with Gasteiger partial charge in [-0.05, 0) is 74.8 Å². The van der Waals surface area contributed by atoms with Gasteiger partial charge in [-0.3, -0.25) is 4.79 Å². The van der Waals surface area contributed by atoms with E-state index in [1.54, 1.807) is 23.7 Å². The highest BCUT2D eigenvalue weighted by Crippen LogP contribution is 2.24. The number of carboxylic acid groups (broad SMARTS) is 1. The molecule has 0 radical (unpaired) electrons. The lowest BCUT2D eigenvalue weighted by molar-refractivity contribution is -0.139. The Kier molecular flexibility index (Phi) is 8.11. The maximum Gasteiger partial charge on any atom is 0.326 e. The number of benzene rings is 1. The normalized spacial score (nSPS) is 18.1. The molecule has 1 aromatic carbocycles. The molecule has 0 aliphatic carbocycles. The SMILES string of the molecule is O=C(NC(CCN1CC[C@@H](CCc2ccc3c(n2)NCCC3)C1)C(=O)O)c1cccc(-c2cscn2)c1. The van der Waals surface area contributed by atoms with Crippen LogP contribution in [0.2, 0.25) is 0 Å². The third-order valence-electron chi connectivity index (χ3n) is 7.32. The van der Waals surface area contributed by atoms with Crippen molar-refractivity contribution in [3.05, 3.63) is 64.1 Å². The number of nitrogens with zero attached hydrogens (tertiary/aromatic N) is 3. The van der Waals surface area contributed by atoms with Crippen molar-refractivity contribution < 1.29 is 14.7 Å². The zero-order valence-electron chi connectivity index (χ0n) is 20.9. The number of hydrogen-bond acceptors (Lipinski definition) is 7. The summed E-state index contributed by atoms with van der Waals surface area (Å²) < 4.78 is 0. The molecule has 2 aromatic heterocycles. The van der Waals surface area contributed by atoms with Crippen molar-refractivity contribution in [2.45, 2.75) is 44.6 Å². The molecule has 0 saturated carbocycles. The number of amides is 1. The van der Waals surface area contributed by atoms with Crippen LogP contribution in [-0.2, 0) is 17.6 Å². The van der Waals surface area contributed by atoms with Gasteiger partial charge in [-0.25, -0.2) is 14.8 Å². The van der Waals surface area contributed by atoms with E-state index >= 15 is 0 Å². The van der Waals surface area contributed by atoms with E-state index in [0.717, 1.165) is 68.1 Å². The van der Waals surface area contributed by atoms with Gasteiger partial charge in [0.1, 0.15) is 11.9 Å². The van der Waals surface area contributed by atoms with Crippen molar-refractivity contribution in [3.63, 3.8) is 0 Å². The molecule has 3 N–H and O–H groups in total. The van der Waals surface area contributed by atoms with E-state index in [-0.39, 0.29) is 5.91 Å². The van der Waals surface area contributed by atoms with E-state index in [0.29, 0.717) is 24.4 Å². The Balaban J connectivity index is 1.09. The summed E-state index contributed by atoms with van der Waals surface area (Å²) in [4.78, 5) is 36.1. The summed E-state index contributed by atoms with van der Waals surface area (Å²) in [5.74, 6) is 0.244. The van der Waals surface area contributed by atoms with Crippen molar-refractivity contribution in [1.29, 1.82) is 0 Å². The molecule has 8 nitrogen and oxygen atoms in total. The van der Waals surface area contributed by atoms with Crippen molar-refractivity contribution in [2.75, 3.05) is 31.5 Å². The number of carboxylic acids is 1. The molecule has 9 heteroatoms. The van der Waals surface area contributed by atoms with Gasteiger partial charge in [-0.2, -0.15) is 0 Å². The van der Waals surface area contributed by atoms with Gasteiger partial charge in [-0.1, -0.05) is 18.2 Å². The molecule has 1 saturated heterocycles. The summed E-state index contributed by atoms with van der Waals surface area (Å²) in [5.41, 5.74) is 6.27. The van der Waals surface area contributed by atoms with Gasteiger partial charge < -0.3 is 20.6 Å². The van der Waals surface area contributed by atoms with Gasteiger partial charge in [0.15, 0.2) is 0 Å². The predicted molar refractivity (Wildman–Crippen MR) is 145 cm³/mol. The number of likely N-dealkylation sites (tertiary alicyclic amines) is 1. The molecule has 2 aliphatic heterocycles. The van der Waals surface area contributed by atoms with E-state index in [4.69, 9.17) is 4.98 Å². The second kappa shape index (κ2) is 11.8. The molecule has 3 aromatic rings. The van der Waals surface area contributed by atoms with Crippen LogP contribution in [0.4, 0.5) is 5.82 Å². The number of fused-ring (bicyclic) bond motifs is 1. The average Bonchev–Trinajstić information content (AvgIpc) is 3.62. The second-order valence-corrected chi connectivity index (χ2v) is 10.7. The molecule has 194 valence electrons. The molecule has 5 rings (SSSR count). The van der Waals surface area contributed by atoms with Gasteiger partial charge in [0.25, 0.3) is 5.91 Å². The van der Waals surface area contributed by atoms with Crippen LogP contribution in [0.25, 0.3) is 11.3 Å². The number of anilines is 1. The monoisotopic (exact) mass is 519 g/mol. The van der Waals surface area contributed by atoms with Gasteiger partial charge >= 0.3 is 5.97 Å². The maximum absolute atomic E-state index is 12.8. The van der Waals surface area contributed by atoms with Crippen molar-refractivity contribution in [1.82, 2.24) is 20.2 Å². The minimum atomic E-state index is -1.01. The lowest BCUT2D eigenvalue weighted by Crippen LogP contribution is -2.43. The van der Waals surface area contributed by atoms with Crippen LogP contribution >= 0.6 is 11.3 Å². The van der Waals surface area contributed by atoms with Crippen LogP contribution in [0, 0.1) is 5.92 Å². The quantitative estimate of drug-likeness (QED) is 0.370. The summed E-state index contributed by atoms with van der Waals surface area (Å²) >= 11 is 1.49. The van der Waals surface area contributed by atoms with E-state index in [9.17, 15) is 14.7 Å². The van der Waals surface area contributed by atoms with E-state index < -0.39 is 12.0 Å². The van der Waals surface area contributed by atoms with Crippen LogP contribution in [-0.4, -0.2) is 64.1 Å². The molecule has 0 spiro atoms. The number of aryl methyl sites for hydroxylation is 2. The number of carbonyl (C=O) groups is 2. The fraction of sp³-hybridized carbons (Fsp3) is 0.429. The zero-order valence-corrected chi connectivity index (χ0v) is 21.7. The molecule has 1 fully saturated rings. The van der Waals surface area contributed by atoms with Crippen molar-refractivity contribution >= 4 is 29.0 Å². The molecule has 1 unspecified atom stereocenters. The third kappa shape index (κ3) is 6.53. The van der Waals surface area contributed by atoms with E-state index in [1.807, 2.05) is 11.4 Å². The molecule has 1 amide bonds. The standard InChI is InChI=1S/C28H33N5O3S/c34-27(22-4-1-3-21(15-22)25-17-37-18-30-25)32-24(28(35)36)11-14-33-13-10-19(16-33)6-8-23-9-7-20-5-2-12-29-26(20)31-23/h1,3-4,7,9,15,17-19,24H,2,5-6,8,10-14,16H2,(H,29,31)(H,32,34)(H,35,36)/t19-,24?/m1/s1. The van der Waals surface area contributed by atoms with Crippen LogP contribution in [0.3, 0.4) is 0 Å². The number of hydrogen-bond donors (Lipinski definition) is 3. The third-order valence-corrected chi connectivity index (χ3v) is 7.91. The Morgan fingerprint density at radius 1 is 1.27 bits per heavy atom. The van der Waals surface area contributed by atoms with Gasteiger partial charge in [-0.15, -0.1) is 11.3 Å². The molecule has 37 heavy (non-hydrogen) atoms. The van der Waals surface area contributed by atoms with Crippen molar-refractivity contribution in [3.8, 4) is 11.3 Å². The summed E-state index contributed by atoms with van der Waals surface area (Å²) in [6.45, 7) is 3.56. The fourth-order valence-corrected chi connectivity index (χ4v) is 5.76. The number of nitrogens with one attached hydrogen (secondary N) is 2. The number of carbonyl (C=O) groups excluding carboxylic acids is 1. The molecule has 0 bridgehead atoms. The van der Waals surface area contributed by atoms with Crippen molar-refractivity contribution in [2.24, 2.45) is 5.92 Å². The number of pyridine rings is 1. The highest BCUT2D eigenvalue weighted by molar-refractivity contribution is 7.07. The highest BCUT2D eigenvalue weighted by atomic mass is 32.1. The lowest BCUT2D eigenvalue weighted by Gasteiger charge is -2.20. The topological polar surface area (TPSA) is 107 Å². The summed E-state index contributed by atoms with van der Waals surface area (Å²) in [6, 6.07) is 10.6. The van der Waals surface area contributed by atoms with Crippen LogP contribution in [0.5, 0.6) is 0 Å². The van der Waals surface area contributed by atoms with E-state index in [2.05, 4.69) is 32.7 Å². The summed E-state index contributed by atoms with van der Waals surface area (Å²) in [6.07, 6.45) is 5.79. The lowest BCUT2D eigenvalue weighted by atomic mass is 10.00. The number of thiazole rings is 1. The Morgan fingerprint density at radius 2 is 2.19 bits per heavy atom. The first kappa shape index (κ1) is 25.4. The maximum atomic E-state index is 12.8. The Hall–Kier alpha value is -3.30. The molecule has 4 heterocycles. The zero-order chi connectivity index (χ0) is 25.6. The molecular formula is C28H33N5O3S. The number of aliphatic carboxylic acids is 1. The van der Waals surface area contributed by atoms with E-state index in [1.165, 1.54) is 23.3 Å². The second-order valence-electron chi connectivity index (χ2n) is 9.94. The minimum Gasteiger partial charge on any atom is -0.480 e. The fourth-order valence-electron chi connectivity index (χ4n) is 5.20. The Morgan fingerprint density at radius 3 is 3.03 bits per heavy atom. The predicted octanol–water partition coefficient (Wildman–Crippen LogP) is 4.09. The smallest absolute Gasteiger partial charge is 0.326 e. The largest absolute Gasteiger partial charge is 0.480 e. The molecule has 2 atom stereocenters. The van der Waals surface area contributed by atoms with Gasteiger partial charge in [0.05, 0.1) is 11.2 Å². The first-order chi connectivity index (χ1) is 18.0. The molecule has 2 aliphatic rings. The molecular weight excluding hydrogens is 486 g/mol. The Bertz CT molecular complexity index is 1230. The minimum absolute atomic E-state index is 0.373.